The van der Waals surface area contributed by atoms with Crippen LogP contribution in [0, 0.1) is 11.3 Å². The summed E-state index contributed by atoms with van der Waals surface area (Å²) >= 11 is 0. The van der Waals surface area contributed by atoms with Crippen molar-refractivity contribution in [1.29, 1.82) is 0 Å². The van der Waals surface area contributed by atoms with Crippen LogP contribution in [0.1, 0.15) is 51.4 Å². The number of urea groups is 1. The molecule has 1 unspecified atom stereocenters. The number of nitrogens with zero attached hydrogens (tertiary/aromatic N) is 1. The summed E-state index contributed by atoms with van der Waals surface area (Å²) in [6, 6.07) is 0.525. The number of amides is 2. The van der Waals surface area contributed by atoms with Crippen LogP contribution in [-0.2, 0) is 0 Å². The van der Waals surface area contributed by atoms with Crippen LogP contribution < -0.4 is 10.6 Å². The van der Waals surface area contributed by atoms with E-state index in [2.05, 4.69) is 10.6 Å². The highest BCUT2D eigenvalue weighted by molar-refractivity contribution is 5.74. The predicted molar refractivity (Wildman–Crippen MR) is 86.7 cm³/mol. The van der Waals surface area contributed by atoms with Crippen molar-refractivity contribution in [3.05, 3.63) is 0 Å². The molecule has 126 valence electrons. The lowest BCUT2D eigenvalue weighted by Gasteiger charge is -2.49. The second kappa shape index (κ2) is 7.18. The Balaban J connectivity index is 1.51. The molecule has 1 saturated carbocycles. The molecule has 0 radical (unpaired) electrons. The van der Waals surface area contributed by atoms with E-state index in [9.17, 15) is 9.90 Å². The summed E-state index contributed by atoms with van der Waals surface area (Å²) in [6.07, 6.45) is 9.31. The minimum atomic E-state index is 0.135. The van der Waals surface area contributed by atoms with Gasteiger partial charge < -0.3 is 20.6 Å². The van der Waals surface area contributed by atoms with Crippen LogP contribution in [0.15, 0.2) is 0 Å². The molecule has 2 saturated heterocycles. The Hall–Kier alpha value is -0.810. The molecular weight excluding hydrogens is 278 g/mol. The van der Waals surface area contributed by atoms with Crippen LogP contribution in [-0.4, -0.2) is 54.9 Å². The molecule has 0 aromatic heterocycles. The molecule has 5 nitrogen and oxygen atoms in total. The van der Waals surface area contributed by atoms with Gasteiger partial charge in [0.25, 0.3) is 0 Å². The van der Waals surface area contributed by atoms with Crippen LogP contribution in [0.25, 0.3) is 0 Å². The highest BCUT2D eigenvalue weighted by atomic mass is 16.3. The van der Waals surface area contributed by atoms with Crippen molar-refractivity contribution in [3.8, 4) is 0 Å². The number of piperidine rings is 2. The zero-order chi connectivity index (χ0) is 15.4. The van der Waals surface area contributed by atoms with Crippen LogP contribution in [0.3, 0.4) is 0 Å². The van der Waals surface area contributed by atoms with Gasteiger partial charge in [0.15, 0.2) is 0 Å². The zero-order valence-electron chi connectivity index (χ0n) is 13.6. The van der Waals surface area contributed by atoms with E-state index in [-0.39, 0.29) is 18.1 Å². The molecule has 3 fully saturated rings. The molecule has 22 heavy (non-hydrogen) atoms. The molecule has 3 aliphatic rings. The monoisotopic (exact) mass is 309 g/mol. The zero-order valence-corrected chi connectivity index (χ0v) is 13.6. The van der Waals surface area contributed by atoms with Gasteiger partial charge in [-0.05, 0) is 44.1 Å². The SMILES string of the molecule is O=C(NC1CCCCC1)N1CCC2(CCNCC2CO)CC1. The van der Waals surface area contributed by atoms with Gasteiger partial charge in [0.1, 0.15) is 0 Å². The highest BCUT2D eigenvalue weighted by Crippen LogP contribution is 2.43. The molecule has 0 aromatic rings. The Kier molecular flexibility index (Phi) is 5.24. The fraction of sp³-hybridized carbons (Fsp3) is 0.941. The molecule has 1 spiro atoms. The van der Waals surface area contributed by atoms with E-state index >= 15 is 0 Å². The van der Waals surface area contributed by atoms with Crippen molar-refractivity contribution in [3.63, 3.8) is 0 Å². The number of likely N-dealkylation sites (tertiary alicyclic amines) is 1. The maximum absolute atomic E-state index is 12.4. The normalized spacial score (nSPS) is 29.5. The first-order valence-corrected chi connectivity index (χ1v) is 9.10. The van der Waals surface area contributed by atoms with Crippen molar-refractivity contribution in [2.75, 3.05) is 32.8 Å². The minimum Gasteiger partial charge on any atom is -0.396 e. The van der Waals surface area contributed by atoms with Gasteiger partial charge in [-0.2, -0.15) is 0 Å². The third-order valence-corrected chi connectivity index (χ3v) is 6.26. The summed E-state index contributed by atoms with van der Waals surface area (Å²) in [7, 11) is 0. The Morgan fingerprint density at radius 1 is 1.18 bits per heavy atom. The quantitative estimate of drug-likeness (QED) is 0.727. The molecule has 2 amide bonds. The number of aliphatic hydroxyl groups excluding tert-OH is 1. The third-order valence-electron chi connectivity index (χ3n) is 6.26. The van der Waals surface area contributed by atoms with Gasteiger partial charge in [0, 0.05) is 38.2 Å². The van der Waals surface area contributed by atoms with E-state index in [4.69, 9.17) is 0 Å². The van der Waals surface area contributed by atoms with E-state index in [1.54, 1.807) is 0 Å². The van der Waals surface area contributed by atoms with Gasteiger partial charge >= 0.3 is 6.03 Å². The number of carbonyl (C=O) groups excluding carboxylic acids is 1. The lowest BCUT2D eigenvalue weighted by molar-refractivity contribution is 0.00473. The molecule has 3 rings (SSSR count). The fourth-order valence-electron chi connectivity index (χ4n) is 4.62. The van der Waals surface area contributed by atoms with Crippen LogP contribution >= 0.6 is 0 Å². The minimum absolute atomic E-state index is 0.135. The lowest BCUT2D eigenvalue weighted by Crippen LogP contribution is -2.55. The Bertz CT molecular complexity index is 374. The smallest absolute Gasteiger partial charge is 0.317 e. The standard InChI is InChI=1S/C17H31N3O2/c21-13-14-12-18-9-6-17(14)7-10-20(11-8-17)16(22)19-15-4-2-1-3-5-15/h14-15,18,21H,1-13H2,(H,19,22). The van der Waals surface area contributed by atoms with Crippen LogP contribution in [0.4, 0.5) is 4.79 Å². The second-order valence-electron chi connectivity index (χ2n) is 7.47. The topological polar surface area (TPSA) is 64.6 Å². The maximum atomic E-state index is 12.4. The molecule has 2 aliphatic heterocycles. The van der Waals surface area contributed by atoms with Crippen molar-refractivity contribution in [2.45, 2.75) is 57.4 Å². The number of hydrogen-bond donors (Lipinski definition) is 3. The third kappa shape index (κ3) is 3.40. The van der Waals surface area contributed by atoms with Crippen molar-refractivity contribution < 1.29 is 9.90 Å². The average Bonchev–Trinajstić information content (AvgIpc) is 2.57. The Morgan fingerprint density at radius 2 is 1.91 bits per heavy atom. The van der Waals surface area contributed by atoms with Gasteiger partial charge in [-0.3, -0.25) is 0 Å². The largest absolute Gasteiger partial charge is 0.396 e. The molecule has 1 aliphatic carbocycles. The maximum Gasteiger partial charge on any atom is 0.317 e. The van der Waals surface area contributed by atoms with Crippen LogP contribution in [0.5, 0.6) is 0 Å². The van der Waals surface area contributed by atoms with E-state index in [0.717, 1.165) is 58.3 Å². The number of carbonyl (C=O) groups is 1. The average molecular weight is 309 g/mol. The van der Waals surface area contributed by atoms with Gasteiger partial charge in [-0.1, -0.05) is 19.3 Å². The summed E-state index contributed by atoms with van der Waals surface area (Å²) in [5, 5.41) is 16.3. The number of hydrogen-bond acceptors (Lipinski definition) is 3. The van der Waals surface area contributed by atoms with E-state index in [1.165, 1.54) is 19.3 Å². The summed E-state index contributed by atoms with van der Waals surface area (Å²) < 4.78 is 0. The number of nitrogens with one attached hydrogen (secondary N) is 2. The molecule has 2 heterocycles. The fourth-order valence-corrected chi connectivity index (χ4v) is 4.62. The van der Waals surface area contributed by atoms with Crippen molar-refractivity contribution in [1.82, 2.24) is 15.5 Å². The number of rotatable bonds is 2. The van der Waals surface area contributed by atoms with Crippen molar-refractivity contribution in [2.24, 2.45) is 11.3 Å². The van der Waals surface area contributed by atoms with Crippen molar-refractivity contribution >= 4 is 6.03 Å². The van der Waals surface area contributed by atoms with E-state index < -0.39 is 0 Å². The van der Waals surface area contributed by atoms with E-state index in [0.29, 0.717) is 12.0 Å². The first-order valence-electron chi connectivity index (χ1n) is 9.10. The van der Waals surface area contributed by atoms with Gasteiger partial charge in [0.2, 0.25) is 0 Å². The molecule has 5 heteroatoms. The second-order valence-corrected chi connectivity index (χ2v) is 7.47. The number of aliphatic hydroxyl groups is 1. The van der Waals surface area contributed by atoms with E-state index in [1.807, 2.05) is 4.90 Å². The predicted octanol–water partition coefficient (Wildman–Crippen LogP) is 1.71. The lowest BCUT2D eigenvalue weighted by atomic mass is 9.65. The molecule has 0 bridgehead atoms. The molecule has 0 aromatic carbocycles. The first kappa shape index (κ1) is 16.1. The molecular formula is C17H31N3O2. The summed E-state index contributed by atoms with van der Waals surface area (Å²) in [5.74, 6) is 0.352. The molecule has 1 atom stereocenters. The summed E-state index contributed by atoms with van der Waals surface area (Å²) in [4.78, 5) is 14.4. The summed E-state index contributed by atoms with van der Waals surface area (Å²) in [6.45, 7) is 3.92. The first-order chi connectivity index (χ1) is 10.7. The Labute approximate surface area is 133 Å². The molecule has 3 N–H and O–H groups in total. The van der Waals surface area contributed by atoms with Crippen LogP contribution in [0.2, 0.25) is 0 Å². The Morgan fingerprint density at radius 3 is 2.59 bits per heavy atom. The van der Waals surface area contributed by atoms with Gasteiger partial charge in [-0.25, -0.2) is 4.79 Å². The van der Waals surface area contributed by atoms with Gasteiger partial charge in [0.05, 0.1) is 0 Å². The van der Waals surface area contributed by atoms with Gasteiger partial charge in [-0.15, -0.1) is 0 Å². The summed E-state index contributed by atoms with van der Waals surface area (Å²) in [5.41, 5.74) is 0.252. The highest BCUT2D eigenvalue weighted by Gasteiger charge is 2.43.